The molecule has 0 unspecified atom stereocenters. The number of aliphatic hydroxyl groups is 1. The highest BCUT2D eigenvalue weighted by Crippen LogP contribution is 2.45. The van der Waals surface area contributed by atoms with Gasteiger partial charge >= 0.3 is 0 Å². The summed E-state index contributed by atoms with van der Waals surface area (Å²) in [6.07, 6.45) is 6.85. The van der Waals surface area contributed by atoms with E-state index < -0.39 is 0 Å². The summed E-state index contributed by atoms with van der Waals surface area (Å²) < 4.78 is 6.39. The Morgan fingerprint density at radius 2 is 1.97 bits per heavy atom. The highest BCUT2D eigenvalue weighted by Gasteiger charge is 2.46. The van der Waals surface area contributed by atoms with E-state index in [0.29, 0.717) is 18.7 Å². The van der Waals surface area contributed by atoms with E-state index in [2.05, 4.69) is 53.4 Å². The van der Waals surface area contributed by atoms with E-state index in [1.807, 2.05) is 6.07 Å². The van der Waals surface area contributed by atoms with E-state index in [9.17, 15) is 9.90 Å². The lowest BCUT2D eigenvalue weighted by Crippen LogP contribution is -2.48. The molecular weight excluding hydrogens is 378 g/mol. The van der Waals surface area contributed by atoms with Gasteiger partial charge in [-0.2, -0.15) is 0 Å². The van der Waals surface area contributed by atoms with Crippen LogP contribution in [0.3, 0.4) is 0 Å². The first-order valence-corrected chi connectivity index (χ1v) is 10.8. The number of nitrogens with zero attached hydrogens (tertiary/aromatic N) is 2. The number of fused-ring (bicyclic) bond motifs is 1. The topological polar surface area (TPSA) is 84.3 Å². The predicted octanol–water partition coefficient (Wildman–Crippen LogP) is 3.26. The van der Waals surface area contributed by atoms with Crippen LogP contribution in [0.15, 0.2) is 48.9 Å². The smallest absolute Gasteiger partial charge is 0.270 e. The number of aromatic nitrogens is 2. The third kappa shape index (κ3) is 4.40. The molecule has 30 heavy (non-hydrogen) atoms. The quantitative estimate of drug-likeness (QED) is 0.810. The molecule has 4 atom stereocenters. The maximum absolute atomic E-state index is 12.7. The van der Waals surface area contributed by atoms with Crippen LogP contribution in [0.1, 0.15) is 62.0 Å². The lowest BCUT2D eigenvalue weighted by atomic mass is 9.73. The van der Waals surface area contributed by atoms with Crippen molar-refractivity contribution in [3.8, 4) is 0 Å². The molecule has 4 rings (SSSR count). The van der Waals surface area contributed by atoms with Crippen molar-refractivity contribution in [2.75, 3.05) is 6.54 Å². The molecule has 1 saturated carbocycles. The van der Waals surface area contributed by atoms with Crippen LogP contribution in [0, 0.1) is 5.92 Å². The lowest BCUT2D eigenvalue weighted by molar-refractivity contribution is -0.178. The third-order valence-corrected chi connectivity index (χ3v) is 6.79. The molecule has 2 heterocycles. The number of carbonyl (C=O) groups is 1. The van der Waals surface area contributed by atoms with Crippen molar-refractivity contribution in [2.45, 2.75) is 69.2 Å². The Kier molecular flexibility index (Phi) is 5.89. The molecule has 0 radical (unpaired) electrons. The fourth-order valence-electron chi connectivity index (χ4n) is 5.21. The lowest BCUT2D eigenvalue weighted by Gasteiger charge is -2.43. The van der Waals surface area contributed by atoms with Gasteiger partial charge in [-0.25, -0.2) is 9.97 Å². The number of aliphatic hydroxyl groups excluding tert-OH is 1. The zero-order valence-corrected chi connectivity index (χ0v) is 17.8. The van der Waals surface area contributed by atoms with Gasteiger partial charge in [0, 0.05) is 30.5 Å². The summed E-state index contributed by atoms with van der Waals surface area (Å²) in [4.78, 5) is 20.6. The molecule has 1 aromatic heterocycles. The highest BCUT2D eigenvalue weighted by molar-refractivity contribution is 5.92. The standard InChI is InChI=1S/C24H31N3O3/c1-23(2)14-20(28)18-8-11-24(12-9-21(18)30-23,17-6-4-3-5-7-17)15-26-22(29)19-10-13-25-16-27-19/h3-7,10,13,16,18,20-21,28H,8-9,11-12,14-15H2,1-2H3,(H,26,29)/t18-,20+,21+,24+/m1/s1. The number of hydrogen-bond donors (Lipinski definition) is 2. The van der Waals surface area contributed by atoms with Crippen LogP contribution in [0.25, 0.3) is 0 Å². The molecule has 2 aliphatic rings. The molecule has 160 valence electrons. The minimum absolute atomic E-state index is 0.0481. The summed E-state index contributed by atoms with van der Waals surface area (Å²) in [7, 11) is 0. The summed E-state index contributed by atoms with van der Waals surface area (Å²) in [5, 5.41) is 13.9. The van der Waals surface area contributed by atoms with Gasteiger partial charge in [0.15, 0.2) is 0 Å². The second-order valence-corrected chi connectivity index (χ2v) is 9.35. The van der Waals surface area contributed by atoms with Crippen LogP contribution in [0.4, 0.5) is 0 Å². The number of nitrogens with one attached hydrogen (secondary N) is 1. The van der Waals surface area contributed by atoms with E-state index in [0.717, 1.165) is 25.7 Å². The maximum atomic E-state index is 12.7. The molecule has 0 bridgehead atoms. The number of rotatable bonds is 4. The van der Waals surface area contributed by atoms with Gasteiger partial charge in [0.1, 0.15) is 12.0 Å². The van der Waals surface area contributed by atoms with Crippen molar-refractivity contribution in [2.24, 2.45) is 5.92 Å². The van der Waals surface area contributed by atoms with Crippen molar-refractivity contribution in [3.05, 3.63) is 60.2 Å². The van der Waals surface area contributed by atoms with Crippen LogP contribution in [0.5, 0.6) is 0 Å². The van der Waals surface area contributed by atoms with Gasteiger partial charge in [0.25, 0.3) is 5.91 Å². The fourth-order valence-corrected chi connectivity index (χ4v) is 5.21. The Morgan fingerprint density at radius 3 is 2.70 bits per heavy atom. The Morgan fingerprint density at radius 1 is 1.20 bits per heavy atom. The number of carbonyl (C=O) groups excluding carboxylic acids is 1. The van der Waals surface area contributed by atoms with Gasteiger partial charge in [0.05, 0.1) is 17.8 Å². The normalized spacial score (nSPS) is 30.7. The minimum atomic E-state index is -0.346. The van der Waals surface area contributed by atoms with Gasteiger partial charge in [-0.3, -0.25) is 4.79 Å². The first-order chi connectivity index (χ1) is 14.4. The summed E-state index contributed by atoms with van der Waals surface area (Å²) in [6.45, 7) is 4.65. The number of amides is 1. The van der Waals surface area contributed by atoms with E-state index in [-0.39, 0.29) is 35.0 Å². The second-order valence-electron chi connectivity index (χ2n) is 9.35. The maximum Gasteiger partial charge on any atom is 0.270 e. The fraction of sp³-hybridized carbons (Fsp3) is 0.542. The molecular formula is C24H31N3O3. The molecule has 2 aromatic rings. The molecule has 6 heteroatoms. The largest absolute Gasteiger partial charge is 0.393 e. The number of hydrogen-bond acceptors (Lipinski definition) is 5. The Hall–Kier alpha value is -2.31. The molecule has 1 saturated heterocycles. The molecule has 2 fully saturated rings. The molecule has 2 N–H and O–H groups in total. The van der Waals surface area contributed by atoms with Crippen LogP contribution in [-0.2, 0) is 10.2 Å². The molecule has 1 amide bonds. The van der Waals surface area contributed by atoms with E-state index in [4.69, 9.17) is 4.74 Å². The molecule has 6 nitrogen and oxygen atoms in total. The summed E-state index contributed by atoms with van der Waals surface area (Å²) in [5.41, 5.74) is 1.09. The summed E-state index contributed by atoms with van der Waals surface area (Å²) in [5.74, 6) is -0.0482. The minimum Gasteiger partial charge on any atom is -0.393 e. The molecule has 1 aromatic carbocycles. The SMILES string of the molecule is CC1(C)C[C@H](O)[C@H]2CC[C@](CNC(=O)c3ccncn3)(c3ccccc3)CC[C@@H]2O1. The van der Waals surface area contributed by atoms with Gasteiger partial charge in [0.2, 0.25) is 0 Å². The van der Waals surface area contributed by atoms with Crippen LogP contribution in [-0.4, -0.2) is 45.3 Å². The molecule has 1 aliphatic carbocycles. The van der Waals surface area contributed by atoms with Crippen LogP contribution < -0.4 is 5.32 Å². The van der Waals surface area contributed by atoms with Gasteiger partial charge < -0.3 is 15.2 Å². The Labute approximate surface area is 178 Å². The zero-order chi connectivity index (χ0) is 21.2. The predicted molar refractivity (Wildman–Crippen MR) is 114 cm³/mol. The van der Waals surface area contributed by atoms with Crippen molar-refractivity contribution >= 4 is 5.91 Å². The third-order valence-electron chi connectivity index (χ3n) is 6.79. The summed E-state index contributed by atoms with van der Waals surface area (Å²) >= 11 is 0. The van der Waals surface area contributed by atoms with Crippen molar-refractivity contribution in [1.29, 1.82) is 0 Å². The summed E-state index contributed by atoms with van der Waals surface area (Å²) in [6, 6.07) is 12.0. The van der Waals surface area contributed by atoms with Crippen LogP contribution >= 0.6 is 0 Å². The Bertz CT molecular complexity index is 859. The zero-order valence-electron chi connectivity index (χ0n) is 17.8. The average molecular weight is 410 g/mol. The first kappa shape index (κ1) is 20.9. The van der Waals surface area contributed by atoms with Crippen molar-refractivity contribution in [1.82, 2.24) is 15.3 Å². The first-order valence-electron chi connectivity index (χ1n) is 10.8. The van der Waals surface area contributed by atoms with Gasteiger partial charge in [-0.1, -0.05) is 30.3 Å². The number of ether oxygens (including phenoxy) is 1. The average Bonchev–Trinajstić information content (AvgIpc) is 2.93. The van der Waals surface area contributed by atoms with Crippen LogP contribution in [0.2, 0.25) is 0 Å². The molecule has 0 spiro atoms. The van der Waals surface area contributed by atoms with E-state index in [1.165, 1.54) is 11.9 Å². The van der Waals surface area contributed by atoms with Gasteiger partial charge in [-0.05, 0) is 51.2 Å². The van der Waals surface area contributed by atoms with Crippen molar-refractivity contribution in [3.63, 3.8) is 0 Å². The van der Waals surface area contributed by atoms with E-state index >= 15 is 0 Å². The Balaban J connectivity index is 1.57. The monoisotopic (exact) mass is 409 g/mol. The highest BCUT2D eigenvalue weighted by atomic mass is 16.5. The second kappa shape index (κ2) is 8.44. The van der Waals surface area contributed by atoms with E-state index in [1.54, 1.807) is 12.3 Å². The van der Waals surface area contributed by atoms with Gasteiger partial charge in [-0.15, -0.1) is 0 Å². The van der Waals surface area contributed by atoms with Crippen molar-refractivity contribution < 1.29 is 14.6 Å². The number of benzene rings is 1. The molecule has 1 aliphatic heterocycles.